The molecular weight excluding hydrogens is 474 g/mol. The maximum absolute atomic E-state index is 14.8. The molecule has 2 amide bonds. The third-order valence-corrected chi connectivity index (χ3v) is 8.06. The molecule has 0 aliphatic carbocycles. The van der Waals surface area contributed by atoms with Crippen LogP contribution in [-0.4, -0.2) is 55.6 Å². The molecule has 1 aliphatic rings. The van der Waals surface area contributed by atoms with Crippen LogP contribution in [-0.2, 0) is 22.4 Å². The Morgan fingerprint density at radius 3 is 2.34 bits per heavy atom. The zero-order chi connectivity index (χ0) is 26.1. The van der Waals surface area contributed by atoms with Crippen LogP contribution in [0.1, 0.15) is 29.7 Å². The number of ether oxygens (including phenoxy) is 1. The van der Waals surface area contributed by atoms with Gasteiger partial charge in [-0.2, -0.15) is 0 Å². The van der Waals surface area contributed by atoms with Crippen LogP contribution in [0.25, 0.3) is 0 Å². The molecule has 10 heteroatoms. The lowest BCUT2D eigenvalue weighted by molar-refractivity contribution is -0.138. The van der Waals surface area contributed by atoms with Crippen molar-refractivity contribution in [2.75, 3.05) is 13.7 Å². The number of urea groups is 1. The number of amides is 2. The molecule has 35 heavy (non-hydrogen) atoms. The molecule has 0 radical (unpaired) electrons. The highest BCUT2D eigenvalue weighted by Gasteiger charge is 2.37. The van der Waals surface area contributed by atoms with E-state index in [0.29, 0.717) is 17.7 Å². The van der Waals surface area contributed by atoms with E-state index in [1.165, 1.54) is 31.1 Å². The van der Waals surface area contributed by atoms with Gasteiger partial charge in [0.05, 0.1) is 15.2 Å². The van der Waals surface area contributed by atoms with Gasteiger partial charge in [0.2, 0.25) is 0 Å². The molecule has 2 atom stereocenters. The monoisotopic (exact) mass is 504 g/mol. The summed E-state index contributed by atoms with van der Waals surface area (Å²) >= 11 is 0. The first kappa shape index (κ1) is 26.3. The van der Waals surface area contributed by atoms with Crippen LogP contribution in [0.5, 0.6) is 5.75 Å². The van der Waals surface area contributed by atoms with Gasteiger partial charge in [-0.3, -0.25) is 9.59 Å². The predicted octanol–water partition coefficient (Wildman–Crippen LogP) is 3.41. The summed E-state index contributed by atoms with van der Waals surface area (Å²) in [5, 5.41) is 11.6. The van der Waals surface area contributed by atoms with Crippen molar-refractivity contribution >= 4 is 31.0 Å². The molecule has 188 valence electrons. The van der Waals surface area contributed by atoms with Gasteiger partial charge < -0.3 is 20.1 Å². The van der Waals surface area contributed by atoms with E-state index >= 15 is 0 Å². The van der Waals surface area contributed by atoms with Gasteiger partial charge in [0.15, 0.2) is 5.78 Å². The lowest BCUT2D eigenvalue weighted by Gasteiger charge is -2.37. The summed E-state index contributed by atoms with van der Waals surface area (Å²) in [5.74, 6) is -2.40. The highest BCUT2D eigenvalue weighted by Crippen LogP contribution is 2.34. The Kier molecular flexibility index (Phi) is 7.64. The summed E-state index contributed by atoms with van der Waals surface area (Å²) < 4.78 is 34.8. The summed E-state index contributed by atoms with van der Waals surface area (Å²) in [6.07, 6.45) is 0.133. The molecule has 7 nitrogen and oxygen atoms in total. The average Bonchev–Trinajstić information content (AvgIpc) is 2.75. The molecule has 0 fully saturated rings. The average molecular weight is 505 g/mol. The van der Waals surface area contributed by atoms with Gasteiger partial charge in [-0.25, -0.2) is 13.6 Å². The number of hydrogen-bond acceptors (Lipinski definition) is 4. The smallest absolute Gasteiger partial charge is 0.325 e. The second-order valence-electron chi connectivity index (χ2n) is 9.75. The van der Waals surface area contributed by atoms with E-state index in [1.54, 1.807) is 18.2 Å². The molecule has 2 aromatic carbocycles. The Morgan fingerprint density at radius 1 is 1.17 bits per heavy atom. The van der Waals surface area contributed by atoms with Crippen LogP contribution < -0.4 is 15.2 Å². The summed E-state index contributed by atoms with van der Waals surface area (Å²) in [6.45, 7) is 6.99. The van der Waals surface area contributed by atoms with Crippen molar-refractivity contribution < 1.29 is 33.0 Å². The normalized spacial score (nSPS) is 16.3. The number of ketones is 1. The van der Waals surface area contributed by atoms with Crippen LogP contribution in [0.2, 0.25) is 19.6 Å². The number of halogens is 2. The summed E-state index contributed by atoms with van der Waals surface area (Å²) in [6, 6.07) is 4.60. The molecule has 0 saturated heterocycles. The summed E-state index contributed by atoms with van der Waals surface area (Å²) in [7, 11) is -0.760. The third kappa shape index (κ3) is 5.70. The second kappa shape index (κ2) is 10.1. The van der Waals surface area contributed by atoms with Gasteiger partial charge in [-0.1, -0.05) is 25.7 Å². The van der Waals surface area contributed by atoms with E-state index in [9.17, 15) is 23.2 Å². The van der Waals surface area contributed by atoms with E-state index in [0.717, 1.165) is 5.56 Å². The number of rotatable bonds is 7. The lowest BCUT2D eigenvalue weighted by atomic mass is 9.88. The molecule has 0 unspecified atom stereocenters. The Morgan fingerprint density at radius 2 is 1.80 bits per heavy atom. The SMILES string of the molecule is COc1ccc2c(c1)CCN(C(=O)N[C@@H](C)C(=O)O)[C@H]2C(=O)Cc1cc(F)c([Si](C)(C)C)c(F)c1. The van der Waals surface area contributed by atoms with Crippen molar-refractivity contribution in [2.24, 2.45) is 0 Å². The van der Waals surface area contributed by atoms with Gasteiger partial charge in [0, 0.05) is 18.2 Å². The number of nitrogens with zero attached hydrogens (tertiary/aromatic N) is 1. The molecule has 2 N–H and O–H groups in total. The van der Waals surface area contributed by atoms with Crippen LogP contribution in [0, 0.1) is 11.6 Å². The molecule has 3 rings (SSSR count). The topological polar surface area (TPSA) is 95.9 Å². The summed E-state index contributed by atoms with van der Waals surface area (Å²) in [4.78, 5) is 39.0. The number of carboxylic acid groups (broad SMARTS) is 1. The number of hydrogen-bond donors (Lipinski definition) is 2. The first-order chi connectivity index (χ1) is 16.3. The number of carbonyl (C=O) groups excluding carboxylic acids is 2. The van der Waals surface area contributed by atoms with Crippen LogP contribution >= 0.6 is 0 Å². The van der Waals surface area contributed by atoms with E-state index in [2.05, 4.69) is 5.32 Å². The van der Waals surface area contributed by atoms with E-state index in [1.807, 2.05) is 19.6 Å². The number of benzene rings is 2. The maximum atomic E-state index is 14.8. The van der Waals surface area contributed by atoms with Gasteiger partial charge in [0.25, 0.3) is 0 Å². The van der Waals surface area contributed by atoms with Crippen molar-refractivity contribution in [3.8, 4) is 5.75 Å². The fourth-order valence-corrected chi connectivity index (χ4v) is 5.95. The fraction of sp³-hybridized carbons (Fsp3) is 0.400. The number of fused-ring (bicyclic) bond motifs is 1. The Hall–Kier alpha value is -3.27. The van der Waals surface area contributed by atoms with Gasteiger partial charge in [-0.05, 0) is 54.3 Å². The van der Waals surface area contributed by atoms with Gasteiger partial charge in [-0.15, -0.1) is 0 Å². The molecule has 2 aromatic rings. The third-order valence-electron chi connectivity index (χ3n) is 6.08. The highest BCUT2D eigenvalue weighted by molar-refractivity contribution is 6.88. The molecule has 0 saturated carbocycles. The van der Waals surface area contributed by atoms with Crippen LogP contribution in [0.15, 0.2) is 30.3 Å². The molecule has 0 bridgehead atoms. The highest BCUT2D eigenvalue weighted by atomic mass is 28.3. The van der Waals surface area contributed by atoms with Gasteiger partial charge in [0.1, 0.15) is 29.5 Å². The first-order valence-corrected chi connectivity index (χ1v) is 14.8. The van der Waals surface area contributed by atoms with E-state index in [-0.39, 0.29) is 23.7 Å². The standard InChI is InChI=1S/C25H30F2N2O5Si/c1-14(24(31)32)28-25(33)29-9-8-16-13-17(34-2)6-7-18(16)22(29)21(30)12-15-10-19(26)23(20(27)11-15)35(3,4)5/h6-7,10-11,13-14,22H,8-9,12H2,1-5H3,(H,28,33)(H,31,32)/t14-,22+/m0/s1. The zero-order valence-electron chi connectivity index (χ0n) is 20.4. The largest absolute Gasteiger partial charge is 0.497 e. The number of carbonyl (C=O) groups is 3. The molecule has 0 spiro atoms. The van der Waals surface area contributed by atoms with Crippen molar-refractivity contribution in [2.45, 2.75) is 51.5 Å². The Bertz CT molecular complexity index is 1140. The van der Waals surface area contributed by atoms with Crippen molar-refractivity contribution in [1.82, 2.24) is 10.2 Å². The molecule has 1 aliphatic heterocycles. The minimum absolute atomic E-state index is 0.0764. The molecule has 1 heterocycles. The quantitative estimate of drug-likeness (QED) is 0.564. The van der Waals surface area contributed by atoms with Crippen LogP contribution in [0.4, 0.5) is 13.6 Å². The predicted molar refractivity (Wildman–Crippen MR) is 130 cm³/mol. The van der Waals surface area contributed by atoms with Crippen molar-refractivity contribution in [1.29, 1.82) is 0 Å². The minimum Gasteiger partial charge on any atom is -0.497 e. The molecule has 0 aromatic heterocycles. The number of aliphatic carboxylic acids is 1. The number of Topliss-reactive ketones (excluding diaryl/α,β-unsaturated/α-hetero) is 1. The maximum Gasteiger partial charge on any atom is 0.325 e. The van der Waals surface area contributed by atoms with E-state index in [4.69, 9.17) is 9.84 Å². The zero-order valence-corrected chi connectivity index (χ0v) is 21.4. The second-order valence-corrected chi connectivity index (χ2v) is 14.7. The number of nitrogens with one attached hydrogen (secondary N) is 1. The Labute approximate surface area is 204 Å². The fourth-order valence-electron chi connectivity index (χ4n) is 4.37. The number of methoxy groups -OCH3 is 1. The van der Waals surface area contributed by atoms with Crippen molar-refractivity contribution in [3.63, 3.8) is 0 Å². The lowest BCUT2D eigenvalue weighted by Crippen LogP contribution is -2.51. The molecular formula is C25H30F2N2O5Si. The number of carboxylic acids is 1. The first-order valence-electron chi connectivity index (χ1n) is 11.3. The van der Waals surface area contributed by atoms with Crippen LogP contribution in [0.3, 0.4) is 0 Å². The van der Waals surface area contributed by atoms with Gasteiger partial charge >= 0.3 is 12.0 Å². The Balaban J connectivity index is 1.98. The summed E-state index contributed by atoms with van der Waals surface area (Å²) in [5.41, 5.74) is 1.55. The van der Waals surface area contributed by atoms with E-state index < -0.39 is 49.6 Å². The minimum atomic E-state index is -2.28. The van der Waals surface area contributed by atoms with Crippen molar-refractivity contribution in [3.05, 3.63) is 58.7 Å².